The molecule has 5 aliphatic rings. The number of benzene rings is 3. The lowest BCUT2D eigenvalue weighted by atomic mass is 9.62. The lowest BCUT2D eigenvalue weighted by Gasteiger charge is -2.47. The second-order valence-electron chi connectivity index (χ2n) is 16.1. The van der Waals surface area contributed by atoms with Crippen LogP contribution in [0.1, 0.15) is 98.5 Å². The summed E-state index contributed by atoms with van der Waals surface area (Å²) in [6.07, 6.45) is 7.75. The van der Waals surface area contributed by atoms with Gasteiger partial charge in [0.2, 0.25) is 11.5 Å². The van der Waals surface area contributed by atoms with Gasteiger partial charge in [-0.05, 0) is 97.1 Å². The average molecular weight is 793 g/mol. The maximum Gasteiger partial charge on any atom is 0.207 e. The molecule has 12 heteroatoms. The molecule has 1 saturated heterocycles. The summed E-state index contributed by atoms with van der Waals surface area (Å²) in [5, 5.41) is 68.3. The molecule has 0 spiro atoms. The summed E-state index contributed by atoms with van der Waals surface area (Å²) in [5.74, 6) is 0.463. The molecule has 0 unspecified atom stereocenters. The molecule has 2 aliphatic heterocycles. The highest BCUT2D eigenvalue weighted by Crippen LogP contribution is 2.64. The fourth-order valence-electron chi connectivity index (χ4n) is 9.85. The molecule has 0 radical (unpaired) electrons. The molecule has 8 rings (SSSR count). The molecule has 0 saturated carbocycles. The van der Waals surface area contributed by atoms with Gasteiger partial charge in [0.15, 0.2) is 17.6 Å². The first-order valence-electron chi connectivity index (χ1n) is 19.6. The van der Waals surface area contributed by atoms with E-state index in [0.717, 1.165) is 66.3 Å². The molecule has 9 atom stereocenters. The number of aliphatic hydroxyl groups is 3. The van der Waals surface area contributed by atoms with E-state index in [2.05, 4.69) is 26.0 Å². The summed E-state index contributed by atoms with van der Waals surface area (Å²) in [6, 6.07) is 8.78. The molecule has 296 valence electrons. The molecule has 0 amide bonds. The molecule has 3 aromatic rings. The third kappa shape index (κ3) is 6.89. The number of allylic oxidation sites excluding steroid dienone is 1. The van der Waals surface area contributed by atoms with Crippen molar-refractivity contribution in [2.45, 2.75) is 92.8 Å². The Bertz CT molecular complexity index is 1930. The summed E-state index contributed by atoms with van der Waals surface area (Å²) < 4.78 is 24.7. The van der Waals surface area contributed by atoms with Gasteiger partial charge in [-0.1, -0.05) is 53.7 Å². The maximum absolute atomic E-state index is 12.9. The van der Waals surface area contributed by atoms with Crippen molar-refractivity contribution in [2.75, 3.05) is 33.5 Å². The van der Waals surface area contributed by atoms with E-state index < -0.39 is 24.0 Å². The third-order valence-corrected chi connectivity index (χ3v) is 15.8. The van der Waals surface area contributed by atoms with Crippen LogP contribution in [0.15, 0.2) is 42.5 Å². The minimum absolute atomic E-state index is 0.0155. The van der Waals surface area contributed by atoms with Crippen molar-refractivity contribution < 1.29 is 49.6 Å². The van der Waals surface area contributed by atoms with E-state index in [0.29, 0.717) is 41.1 Å². The van der Waals surface area contributed by atoms with E-state index in [-0.39, 0.29) is 65.3 Å². The fourth-order valence-corrected chi connectivity index (χ4v) is 13.2. The van der Waals surface area contributed by atoms with Crippen molar-refractivity contribution in [3.05, 3.63) is 64.7 Å². The summed E-state index contributed by atoms with van der Waals surface area (Å²) in [5.41, 5.74) is 4.52. The van der Waals surface area contributed by atoms with Gasteiger partial charge in [0, 0.05) is 45.1 Å². The first kappa shape index (κ1) is 38.5. The number of ether oxygens (including phenoxy) is 4. The van der Waals surface area contributed by atoms with Crippen LogP contribution in [0, 0.1) is 17.8 Å². The van der Waals surface area contributed by atoms with Crippen molar-refractivity contribution in [1.82, 2.24) is 0 Å². The monoisotopic (exact) mass is 792 g/mol. The normalized spacial score (nSPS) is 29.0. The summed E-state index contributed by atoms with van der Waals surface area (Å²) in [6.45, 7) is 4.11. The quantitative estimate of drug-likeness (QED) is 0.0872. The Morgan fingerprint density at radius 1 is 0.891 bits per heavy atom. The minimum Gasteiger partial charge on any atom is -0.508 e. The van der Waals surface area contributed by atoms with E-state index in [9.17, 15) is 30.6 Å². The Labute approximate surface area is 330 Å². The van der Waals surface area contributed by atoms with Crippen LogP contribution in [0.4, 0.5) is 0 Å². The number of hydrogen-bond donors (Lipinski definition) is 6. The fraction of sp³-hybridized carbons (Fsp3) is 0.535. The van der Waals surface area contributed by atoms with Gasteiger partial charge in [-0.15, -0.1) is 0 Å². The number of aromatic hydroxyl groups is 3. The predicted molar refractivity (Wildman–Crippen MR) is 214 cm³/mol. The molecule has 2 heterocycles. The Balaban J connectivity index is 1.38. The van der Waals surface area contributed by atoms with Gasteiger partial charge in [-0.2, -0.15) is 0 Å². The van der Waals surface area contributed by atoms with Gasteiger partial charge in [0.1, 0.15) is 30.0 Å². The van der Waals surface area contributed by atoms with Crippen LogP contribution in [0.3, 0.4) is 0 Å². The standard InChI is InChI=1S/C43H52O10S2/c1-21(2)11-13-51-33-18-29(39(47)43(50-3)40(33)48)42-41(49)38-34-10-7-23(22-5-4-6-25(15-22)54-55-34)16-27-28-17-24(46)8-9-26(28)35-31(52-14-12-44)19-32(53-42)37(38)36(35)30(27)20-45/h4,6,8-9,17-19,21-23,25,27,30,34,38,41-42,44-49H,5,7,10-16,20H2,1-3H3/t22-,23+,25+,27+,30-,34+,38+,41-,42+/m1/s1. The zero-order valence-electron chi connectivity index (χ0n) is 31.5. The number of phenolic OH excluding ortho intramolecular Hbond substituents is 3. The van der Waals surface area contributed by atoms with Crippen LogP contribution in [-0.2, 0) is 0 Å². The average Bonchev–Trinajstić information content (AvgIpc) is 3.22. The van der Waals surface area contributed by atoms with Gasteiger partial charge in [0.25, 0.3) is 0 Å². The molecule has 3 aromatic carbocycles. The number of phenols is 3. The van der Waals surface area contributed by atoms with Crippen LogP contribution in [0.25, 0.3) is 11.1 Å². The Kier molecular flexibility index (Phi) is 11.1. The molecular weight excluding hydrogens is 741 g/mol. The van der Waals surface area contributed by atoms with Gasteiger partial charge >= 0.3 is 0 Å². The second kappa shape index (κ2) is 15.8. The zero-order valence-corrected chi connectivity index (χ0v) is 33.2. The van der Waals surface area contributed by atoms with Crippen LogP contribution >= 0.6 is 21.6 Å². The largest absolute Gasteiger partial charge is 0.508 e. The lowest BCUT2D eigenvalue weighted by molar-refractivity contribution is -0.00431. The van der Waals surface area contributed by atoms with E-state index >= 15 is 0 Å². The summed E-state index contributed by atoms with van der Waals surface area (Å²) in [7, 11) is 5.02. The van der Waals surface area contributed by atoms with Gasteiger partial charge in [-0.3, -0.25) is 0 Å². The number of methoxy groups -OCH3 is 1. The summed E-state index contributed by atoms with van der Waals surface area (Å²) >= 11 is 0. The molecule has 10 nitrogen and oxygen atoms in total. The topological polar surface area (TPSA) is 158 Å². The van der Waals surface area contributed by atoms with Crippen LogP contribution < -0.4 is 18.9 Å². The number of fused-ring (bicyclic) bond motifs is 11. The lowest BCUT2D eigenvalue weighted by Crippen LogP contribution is -2.41. The van der Waals surface area contributed by atoms with E-state index in [1.54, 1.807) is 22.9 Å². The minimum atomic E-state index is -1.17. The Morgan fingerprint density at radius 2 is 1.71 bits per heavy atom. The molecule has 6 N–H and O–H groups in total. The number of hydrogen-bond acceptors (Lipinski definition) is 12. The zero-order chi connectivity index (χ0) is 38.5. The van der Waals surface area contributed by atoms with Gasteiger partial charge in [0.05, 0.1) is 26.9 Å². The second-order valence-corrected chi connectivity index (χ2v) is 18.8. The van der Waals surface area contributed by atoms with Crippen molar-refractivity contribution in [3.8, 4) is 51.4 Å². The SMILES string of the molecule is COc1c(O)c(OCCC(C)C)cc([C@@H]2Oc3cc(OCCO)c4c5c3[C@@H]([C@H]2O)[C@@H]2CC[C@@H](C[C@@H](c3cc(O)ccc3-4)[C@H]5CO)[C@@H]3CC=C[C@@H](C3)SS2)c1O. The highest BCUT2D eigenvalue weighted by molar-refractivity contribution is 8.77. The first-order chi connectivity index (χ1) is 26.6. The van der Waals surface area contributed by atoms with Crippen molar-refractivity contribution >= 4 is 21.6 Å². The molecule has 55 heavy (non-hydrogen) atoms. The van der Waals surface area contributed by atoms with Crippen molar-refractivity contribution in [3.63, 3.8) is 0 Å². The highest BCUT2D eigenvalue weighted by Gasteiger charge is 2.51. The maximum atomic E-state index is 12.9. The Hall–Kier alpha value is -3.42. The van der Waals surface area contributed by atoms with E-state index in [1.807, 2.05) is 29.0 Å². The molecule has 3 aliphatic carbocycles. The molecule has 1 fully saturated rings. The Morgan fingerprint density at radius 3 is 2.47 bits per heavy atom. The number of aliphatic hydroxyl groups excluding tert-OH is 3. The van der Waals surface area contributed by atoms with Gasteiger partial charge in [-0.25, -0.2) is 0 Å². The summed E-state index contributed by atoms with van der Waals surface area (Å²) in [4.78, 5) is 0. The smallest absolute Gasteiger partial charge is 0.207 e. The number of rotatable bonds is 10. The predicted octanol–water partition coefficient (Wildman–Crippen LogP) is 7.92. The van der Waals surface area contributed by atoms with Crippen LogP contribution in [-0.4, -0.2) is 80.8 Å². The van der Waals surface area contributed by atoms with Crippen LogP contribution in [0.5, 0.6) is 40.2 Å². The third-order valence-electron chi connectivity index (χ3n) is 12.5. The molecule has 0 aromatic heterocycles. The van der Waals surface area contributed by atoms with E-state index in [4.69, 9.17) is 18.9 Å². The van der Waals surface area contributed by atoms with Crippen molar-refractivity contribution in [1.29, 1.82) is 0 Å². The first-order valence-corrected chi connectivity index (χ1v) is 21.9. The van der Waals surface area contributed by atoms with Gasteiger partial charge < -0.3 is 49.6 Å². The molecule has 6 bridgehead atoms. The van der Waals surface area contributed by atoms with E-state index in [1.165, 1.54) is 7.11 Å². The highest BCUT2D eigenvalue weighted by atomic mass is 33.1. The molecular formula is C43H52O10S2. The van der Waals surface area contributed by atoms with Crippen LogP contribution in [0.2, 0.25) is 0 Å². The van der Waals surface area contributed by atoms with Crippen molar-refractivity contribution in [2.24, 2.45) is 17.8 Å².